The van der Waals surface area contributed by atoms with Crippen LogP contribution in [-0.2, 0) is 4.79 Å². The van der Waals surface area contributed by atoms with E-state index in [1.54, 1.807) is 11.3 Å². The number of fused-ring (bicyclic) bond motifs is 1. The lowest BCUT2D eigenvalue weighted by Crippen LogP contribution is -2.25. The predicted octanol–water partition coefficient (Wildman–Crippen LogP) is 5.34. The van der Waals surface area contributed by atoms with Gasteiger partial charge in [-0.25, -0.2) is 4.68 Å². The molecule has 2 fully saturated rings. The molecule has 1 aliphatic heterocycles. The largest absolute Gasteiger partial charge is 0.482 e. The summed E-state index contributed by atoms with van der Waals surface area (Å²) in [6, 6.07) is 6.37. The number of aromatic nitrogens is 1. The van der Waals surface area contributed by atoms with Crippen molar-refractivity contribution in [2.24, 2.45) is 10.1 Å². The Morgan fingerprint density at radius 1 is 1.03 bits per heavy atom. The van der Waals surface area contributed by atoms with Gasteiger partial charge in [0.1, 0.15) is 5.75 Å². The van der Waals surface area contributed by atoms with E-state index in [4.69, 9.17) is 14.8 Å². The number of rotatable bonds is 3. The number of benzene rings is 1. The molecule has 0 bridgehead atoms. The average molecular weight is 439 g/mol. The maximum absolute atomic E-state index is 11.8. The summed E-state index contributed by atoms with van der Waals surface area (Å²) in [6.45, 7) is 0.0723. The molecule has 164 valence electrons. The first-order valence-electron chi connectivity index (χ1n) is 11.6. The van der Waals surface area contributed by atoms with E-state index in [9.17, 15) is 4.79 Å². The van der Waals surface area contributed by atoms with Gasteiger partial charge in [0.25, 0.3) is 5.91 Å². The number of carbonyl (C=O) groups is 1. The lowest BCUT2D eigenvalue weighted by molar-refractivity contribution is -0.118. The van der Waals surface area contributed by atoms with E-state index in [1.807, 2.05) is 18.2 Å². The Morgan fingerprint density at radius 3 is 2.61 bits per heavy atom. The summed E-state index contributed by atoms with van der Waals surface area (Å²) < 4.78 is 7.60. The number of hydrogen-bond acceptors (Lipinski definition) is 5. The van der Waals surface area contributed by atoms with Crippen molar-refractivity contribution in [2.75, 3.05) is 11.9 Å². The summed E-state index contributed by atoms with van der Waals surface area (Å²) in [5.74, 6) is 0.599. The average Bonchev–Trinajstić information content (AvgIpc) is 2.99. The van der Waals surface area contributed by atoms with Gasteiger partial charge in [0.05, 0.1) is 17.4 Å². The molecule has 0 atom stereocenters. The molecular formula is C24H30N4O2S. The minimum Gasteiger partial charge on any atom is -0.482 e. The van der Waals surface area contributed by atoms with Gasteiger partial charge in [-0.15, -0.1) is 11.3 Å². The molecule has 0 saturated heterocycles. The van der Waals surface area contributed by atoms with Crippen molar-refractivity contribution in [1.29, 1.82) is 0 Å². The number of ether oxygens (including phenoxy) is 1. The predicted molar refractivity (Wildman–Crippen MR) is 125 cm³/mol. The fourth-order valence-electron chi connectivity index (χ4n) is 4.67. The zero-order chi connectivity index (χ0) is 21.0. The normalized spacial score (nSPS) is 20.6. The first-order chi connectivity index (χ1) is 15.3. The molecule has 3 aliphatic rings. The van der Waals surface area contributed by atoms with Crippen LogP contribution < -0.4 is 14.9 Å². The van der Waals surface area contributed by atoms with Crippen molar-refractivity contribution in [2.45, 2.75) is 76.7 Å². The van der Waals surface area contributed by atoms with Crippen LogP contribution in [0.4, 0.5) is 5.69 Å². The van der Waals surface area contributed by atoms with E-state index in [1.165, 1.54) is 63.5 Å². The summed E-state index contributed by atoms with van der Waals surface area (Å²) in [4.78, 5) is 17.9. The maximum atomic E-state index is 11.8. The van der Waals surface area contributed by atoms with Crippen LogP contribution in [0.15, 0.2) is 33.7 Å². The van der Waals surface area contributed by atoms with Crippen LogP contribution in [0.2, 0.25) is 0 Å². The summed E-state index contributed by atoms with van der Waals surface area (Å²) in [7, 11) is 0. The number of amides is 1. The second-order valence-corrected chi connectivity index (χ2v) is 9.60. The quantitative estimate of drug-likeness (QED) is 0.657. The lowest BCUT2D eigenvalue weighted by Gasteiger charge is -2.19. The van der Waals surface area contributed by atoms with E-state index in [0.29, 0.717) is 11.8 Å². The third kappa shape index (κ3) is 4.76. The monoisotopic (exact) mass is 438 g/mol. The topological polar surface area (TPSA) is 68.0 Å². The number of nitrogens with one attached hydrogen (secondary N) is 1. The third-order valence-electron chi connectivity index (χ3n) is 6.38. The van der Waals surface area contributed by atoms with Crippen molar-refractivity contribution in [3.63, 3.8) is 0 Å². The molecule has 2 saturated carbocycles. The zero-order valence-electron chi connectivity index (χ0n) is 17.9. The van der Waals surface area contributed by atoms with Crippen LogP contribution in [0.1, 0.15) is 70.6 Å². The summed E-state index contributed by atoms with van der Waals surface area (Å²) in [5.41, 5.74) is 4.04. The molecule has 2 heterocycles. The highest BCUT2D eigenvalue weighted by Gasteiger charge is 2.19. The highest BCUT2D eigenvalue weighted by atomic mass is 32.1. The molecule has 5 rings (SSSR count). The molecule has 6 nitrogen and oxygen atoms in total. The molecule has 1 amide bonds. The Kier molecular flexibility index (Phi) is 6.20. The molecule has 7 heteroatoms. The molecular weight excluding hydrogens is 408 g/mol. The molecule has 0 unspecified atom stereocenters. The summed E-state index contributed by atoms with van der Waals surface area (Å²) in [5, 5.41) is 10.2. The maximum Gasteiger partial charge on any atom is 0.262 e. The lowest BCUT2D eigenvalue weighted by atomic mass is 9.96. The van der Waals surface area contributed by atoms with Gasteiger partial charge in [-0.1, -0.05) is 32.1 Å². The Labute approximate surface area is 187 Å². The minimum atomic E-state index is -0.116. The third-order valence-corrected chi connectivity index (χ3v) is 7.21. The van der Waals surface area contributed by atoms with Crippen molar-refractivity contribution in [1.82, 2.24) is 4.68 Å². The number of thiazole rings is 1. The summed E-state index contributed by atoms with van der Waals surface area (Å²) >= 11 is 1.67. The van der Waals surface area contributed by atoms with Crippen molar-refractivity contribution in [3.05, 3.63) is 28.4 Å². The van der Waals surface area contributed by atoms with Crippen LogP contribution >= 0.6 is 11.3 Å². The standard InChI is InChI=1S/C24H30N4O2S/c29-23-15-30-22-13-12-17(14-20(22)26-23)21-16-31-24(25-18-8-6-3-7-9-18)28(21)27-19-10-4-1-2-5-11-19/h12-14,16,18H,1-11,15H2,(H,26,29). The van der Waals surface area contributed by atoms with Crippen LogP contribution in [0.5, 0.6) is 5.75 Å². The highest BCUT2D eigenvalue weighted by molar-refractivity contribution is 7.07. The van der Waals surface area contributed by atoms with Crippen LogP contribution in [0.25, 0.3) is 11.3 Å². The molecule has 1 aromatic carbocycles. The van der Waals surface area contributed by atoms with E-state index >= 15 is 0 Å². The van der Waals surface area contributed by atoms with E-state index in [-0.39, 0.29) is 12.5 Å². The Hall–Kier alpha value is -2.41. The van der Waals surface area contributed by atoms with E-state index in [0.717, 1.165) is 34.6 Å². The Balaban J connectivity index is 1.57. The number of anilines is 1. The number of carbonyl (C=O) groups excluding carboxylic acids is 1. The van der Waals surface area contributed by atoms with Gasteiger partial charge in [0.15, 0.2) is 6.61 Å². The van der Waals surface area contributed by atoms with Crippen LogP contribution in [0.3, 0.4) is 0 Å². The smallest absolute Gasteiger partial charge is 0.262 e. The van der Waals surface area contributed by atoms with E-state index in [2.05, 4.69) is 15.4 Å². The number of nitrogens with zero attached hydrogens (tertiary/aromatic N) is 3. The van der Waals surface area contributed by atoms with Gasteiger partial charge in [0, 0.05) is 16.7 Å². The van der Waals surface area contributed by atoms with Crippen molar-refractivity contribution in [3.8, 4) is 17.0 Å². The first-order valence-corrected chi connectivity index (χ1v) is 12.5. The second kappa shape index (κ2) is 9.39. The minimum absolute atomic E-state index is 0.0723. The first kappa shape index (κ1) is 20.5. The van der Waals surface area contributed by atoms with Crippen LogP contribution in [0, 0.1) is 0 Å². The molecule has 1 aromatic heterocycles. The van der Waals surface area contributed by atoms with Gasteiger partial charge >= 0.3 is 0 Å². The van der Waals surface area contributed by atoms with Gasteiger partial charge in [-0.05, 0) is 56.7 Å². The zero-order valence-corrected chi connectivity index (χ0v) is 18.8. The number of hydrogen-bond donors (Lipinski definition) is 1. The van der Waals surface area contributed by atoms with Gasteiger partial charge in [0.2, 0.25) is 4.80 Å². The SMILES string of the molecule is O=C1COc2ccc(-c3csc(=NC4CCCCC4)n3N=C3CCCCCC3)cc2N1. The molecule has 2 aliphatic carbocycles. The molecule has 1 N–H and O–H groups in total. The van der Waals surface area contributed by atoms with Crippen molar-refractivity contribution < 1.29 is 9.53 Å². The Morgan fingerprint density at radius 2 is 1.81 bits per heavy atom. The van der Waals surface area contributed by atoms with Gasteiger partial charge in [-0.3, -0.25) is 9.79 Å². The van der Waals surface area contributed by atoms with Crippen molar-refractivity contribution >= 4 is 28.6 Å². The van der Waals surface area contributed by atoms with Gasteiger partial charge in [-0.2, -0.15) is 5.10 Å². The molecule has 0 radical (unpaired) electrons. The molecule has 0 spiro atoms. The Bertz CT molecular complexity index is 1040. The van der Waals surface area contributed by atoms with Gasteiger partial charge < -0.3 is 10.1 Å². The fraction of sp³-hybridized carbons (Fsp3) is 0.542. The second-order valence-electron chi connectivity index (χ2n) is 8.76. The highest BCUT2D eigenvalue weighted by Crippen LogP contribution is 2.33. The van der Waals surface area contributed by atoms with Crippen LogP contribution in [-0.4, -0.2) is 28.9 Å². The van der Waals surface area contributed by atoms with E-state index < -0.39 is 0 Å². The summed E-state index contributed by atoms with van der Waals surface area (Å²) in [6.07, 6.45) is 13.4. The molecule has 31 heavy (non-hydrogen) atoms. The fourth-order valence-corrected chi connectivity index (χ4v) is 5.57. The molecule has 2 aromatic rings.